The van der Waals surface area contributed by atoms with Crippen LogP contribution in [0, 0.1) is 0 Å². The quantitative estimate of drug-likeness (QED) is 0.815. The van der Waals surface area contributed by atoms with Gasteiger partial charge in [0, 0.05) is 31.5 Å². The van der Waals surface area contributed by atoms with Crippen molar-refractivity contribution in [2.45, 2.75) is 13.5 Å². The standard InChI is InChI=1S/C13H16ClN2O3P/c1-4-15-9-12(20(3,18)19-2)13(17)16(15)11-7-5-10(14)6-8-11/h5-9H,4H2,1-3H3. The molecule has 108 valence electrons. The molecule has 0 saturated heterocycles. The van der Waals surface area contributed by atoms with E-state index in [1.165, 1.54) is 18.5 Å². The molecule has 2 aromatic rings. The first kappa shape index (κ1) is 15.1. The highest BCUT2D eigenvalue weighted by Crippen LogP contribution is 2.38. The van der Waals surface area contributed by atoms with Crippen molar-refractivity contribution in [2.75, 3.05) is 13.8 Å². The third-order valence-corrected chi connectivity index (χ3v) is 5.25. The van der Waals surface area contributed by atoms with Gasteiger partial charge >= 0.3 is 0 Å². The zero-order valence-corrected chi connectivity index (χ0v) is 13.2. The zero-order valence-electron chi connectivity index (χ0n) is 11.5. The fourth-order valence-corrected chi connectivity index (χ4v) is 3.04. The first-order valence-electron chi connectivity index (χ1n) is 6.13. The van der Waals surface area contributed by atoms with Gasteiger partial charge in [0.15, 0.2) is 0 Å². The summed E-state index contributed by atoms with van der Waals surface area (Å²) in [5.74, 6) is 0. The molecule has 0 saturated carbocycles. The predicted molar refractivity (Wildman–Crippen MR) is 80.9 cm³/mol. The minimum Gasteiger partial charge on any atom is -0.329 e. The molecule has 7 heteroatoms. The van der Waals surface area contributed by atoms with Gasteiger partial charge in [-0.15, -0.1) is 0 Å². The average molecular weight is 315 g/mol. The summed E-state index contributed by atoms with van der Waals surface area (Å²) >= 11 is 5.85. The Labute approximate surface area is 122 Å². The Bertz CT molecular complexity index is 718. The number of hydrogen-bond acceptors (Lipinski definition) is 3. The number of halogens is 1. The van der Waals surface area contributed by atoms with E-state index in [1.807, 2.05) is 6.92 Å². The summed E-state index contributed by atoms with van der Waals surface area (Å²) in [4.78, 5) is 12.5. The maximum Gasteiger partial charge on any atom is 0.284 e. The van der Waals surface area contributed by atoms with Crippen LogP contribution in [0.1, 0.15) is 6.92 Å². The minimum absolute atomic E-state index is 0.191. The molecular weight excluding hydrogens is 299 g/mol. The fraction of sp³-hybridized carbons (Fsp3) is 0.308. The maximum absolute atomic E-state index is 12.5. The van der Waals surface area contributed by atoms with Gasteiger partial charge in [-0.2, -0.15) is 0 Å². The SMILES string of the molecule is CCn1cc(P(C)(=O)OC)c(=O)n1-c1ccc(Cl)cc1. The Morgan fingerprint density at radius 1 is 1.30 bits per heavy atom. The van der Waals surface area contributed by atoms with Gasteiger partial charge in [0.2, 0.25) is 7.37 Å². The highest BCUT2D eigenvalue weighted by molar-refractivity contribution is 7.66. The van der Waals surface area contributed by atoms with Gasteiger partial charge < -0.3 is 4.52 Å². The van der Waals surface area contributed by atoms with E-state index < -0.39 is 7.37 Å². The normalized spacial score (nSPS) is 14.2. The van der Waals surface area contributed by atoms with Crippen LogP contribution in [0.5, 0.6) is 0 Å². The van der Waals surface area contributed by atoms with Crippen LogP contribution in [-0.2, 0) is 15.6 Å². The Morgan fingerprint density at radius 3 is 2.40 bits per heavy atom. The van der Waals surface area contributed by atoms with E-state index in [4.69, 9.17) is 16.1 Å². The van der Waals surface area contributed by atoms with Crippen molar-refractivity contribution >= 4 is 24.3 Å². The number of rotatable bonds is 4. The van der Waals surface area contributed by atoms with E-state index in [-0.39, 0.29) is 10.9 Å². The van der Waals surface area contributed by atoms with E-state index in [0.29, 0.717) is 17.3 Å². The summed E-state index contributed by atoms with van der Waals surface area (Å²) in [6, 6.07) is 6.90. The molecule has 0 fully saturated rings. The largest absolute Gasteiger partial charge is 0.329 e. The van der Waals surface area contributed by atoms with Crippen molar-refractivity contribution in [3.8, 4) is 5.69 Å². The molecule has 0 amide bonds. The van der Waals surface area contributed by atoms with Crippen molar-refractivity contribution < 1.29 is 9.09 Å². The maximum atomic E-state index is 12.5. The van der Waals surface area contributed by atoms with E-state index in [2.05, 4.69) is 0 Å². The first-order valence-corrected chi connectivity index (χ1v) is 8.58. The molecule has 0 bridgehead atoms. The third kappa shape index (κ3) is 2.62. The number of benzene rings is 1. The lowest BCUT2D eigenvalue weighted by molar-refractivity contribution is 0.408. The monoisotopic (exact) mass is 314 g/mol. The van der Waals surface area contributed by atoms with Gasteiger partial charge in [0.05, 0.1) is 5.69 Å². The summed E-state index contributed by atoms with van der Waals surface area (Å²) in [6.45, 7) is 3.92. The first-order chi connectivity index (χ1) is 9.40. The molecule has 1 atom stereocenters. The molecule has 1 aromatic carbocycles. The second-order valence-corrected chi connectivity index (χ2v) is 7.37. The van der Waals surface area contributed by atoms with Gasteiger partial charge in [-0.3, -0.25) is 14.0 Å². The Morgan fingerprint density at radius 2 is 1.90 bits per heavy atom. The molecule has 1 aromatic heterocycles. The highest BCUT2D eigenvalue weighted by Gasteiger charge is 2.26. The van der Waals surface area contributed by atoms with Crippen LogP contribution >= 0.6 is 19.0 Å². The molecule has 0 aliphatic heterocycles. The average Bonchev–Trinajstić information content (AvgIpc) is 2.77. The molecule has 0 aliphatic rings. The molecule has 1 heterocycles. The van der Waals surface area contributed by atoms with Crippen molar-refractivity contribution in [1.29, 1.82) is 0 Å². The zero-order chi connectivity index (χ0) is 14.9. The van der Waals surface area contributed by atoms with Gasteiger partial charge in [-0.25, -0.2) is 4.68 Å². The van der Waals surface area contributed by atoms with Crippen LogP contribution in [0.15, 0.2) is 35.3 Å². The van der Waals surface area contributed by atoms with Crippen molar-refractivity contribution in [2.24, 2.45) is 0 Å². The molecule has 1 unspecified atom stereocenters. The van der Waals surface area contributed by atoms with Gasteiger partial charge in [0.25, 0.3) is 5.56 Å². The van der Waals surface area contributed by atoms with E-state index >= 15 is 0 Å². The summed E-state index contributed by atoms with van der Waals surface area (Å²) in [7, 11) is -1.75. The lowest BCUT2D eigenvalue weighted by Gasteiger charge is -2.09. The van der Waals surface area contributed by atoms with Crippen molar-refractivity contribution in [1.82, 2.24) is 9.36 Å². The lowest BCUT2D eigenvalue weighted by atomic mass is 10.3. The number of aromatic nitrogens is 2. The van der Waals surface area contributed by atoms with Crippen LogP contribution in [0.2, 0.25) is 5.02 Å². The predicted octanol–water partition coefficient (Wildman–Crippen LogP) is 2.49. The molecular formula is C13H16ClN2O3P. The second kappa shape index (κ2) is 5.60. The fourth-order valence-electron chi connectivity index (χ4n) is 1.94. The summed E-state index contributed by atoms with van der Waals surface area (Å²) in [5, 5.41) is 0.784. The third-order valence-electron chi connectivity index (χ3n) is 3.12. The summed E-state index contributed by atoms with van der Waals surface area (Å²) in [5.41, 5.74) is 0.338. The molecule has 2 rings (SSSR count). The summed E-state index contributed by atoms with van der Waals surface area (Å²) < 4.78 is 20.5. The van der Waals surface area contributed by atoms with Crippen LogP contribution < -0.4 is 10.9 Å². The second-order valence-electron chi connectivity index (χ2n) is 4.39. The van der Waals surface area contributed by atoms with Crippen molar-refractivity contribution in [3.63, 3.8) is 0 Å². The molecule has 20 heavy (non-hydrogen) atoms. The van der Waals surface area contributed by atoms with Gasteiger partial charge in [0.1, 0.15) is 5.30 Å². The Balaban J connectivity index is 2.68. The van der Waals surface area contributed by atoms with Crippen LogP contribution in [0.25, 0.3) is 5.69 Å². The highest BCUT2D eigenvalue weighted by atomic mass is 35.5. The van der Waals surface area contributed by atoms with Crippen molar-refractivity contribution in [3.05, 3.63) is 45.8 Å². The van der Waals surface area contributed by atoms with E-state index in [1.54, 1.807) is 35.1 Å². The molecule has 0 radical (unpaired) electrons. The minimum atomic E-state index is -3.09. The van der Waals surface area contributed by atoms with Gasteiger partial charge in [-0.05, 0) is 31.2 Å². The topological polar surface area (TPSA) is 53.2 Å². The van der Waals surface area contributed by atoms with E-state index in [9.17, 15) is 9.36 Å². The number of nitrogens with zero attached hydrogens (tertiary/aromatic N) is 2. The smallest absolute Gasteiger partial charge is 0.284 e. The molecule has 5 nitrogen and oxygen atoms in total. The Kier molecular flexibility index (Phi) is 4.23. The van der Waals surface area contributed by atoms with Crippen LogP contribution in [0.3, 0.4) is 0 Å². The Hall–Kier alpha value is -1.29. The molecule has 0 spiro atoms. The van der Waals surface area contributed by atoms with Crippen LogP contribution in [-0.4, -0.2) is 23.1 Å². The van der Waals surface area contributed by atoms with Crippen LogP contribution in [0.4, 0.5) is 0 Å². The number of hydrogen-bond donors (Lipinski definition) is 0. The molecule has 0 N–H and O–H groups in total. The molecule has 0 aliphatic carbocycles. The van der Waals surface area contributed by atoms with E-state index in [0.717, 1.165) is 0 Å². The summed E-state index contributed by atoms with van der Waals surface area (Å²) in [6.07, 6.45) is 1.58. The number of aryl methyl sites for hydroxylation is 1. The lowest BCUT2D eigenvalue weighted by Crippen LogP contribution is -2.28. The van der Waals surface area contributed by atoms with Gasteiger partial charge in [-0.1, -0.05) is 11.6 Å².